The molecule has 0 bridgehead atoms. The molecule has 121 valence electrons. The second-order valence-electron chi connectivity index (χ2n) is 4.05. The van der Waals surface area contributed by atoms with Gasteiger partial charge in [-0.3, -0.25) is 0 Å². The molecule has 0 aromatic carbocycles. The van der Waals surface area contributed by atoms with Crippen molar-refractivity contribution < 1.29 is 28.3 Å². The molecule has 23 heavy (non-hydrogen) atoms. The summed E-state index contributed by atoms with van der Waals surface area (Å²) in [5.74, 6) is 2.10. The van der Waals surface area contributed by atoms with E-state index >= 15 is 0 Å². The molecule has 0 spiro atoms. The van der Waals surface area contributed by atoms with Crippen molar-refractivity contribution in [3.05, 3.63) is 24.3 Å². The van der Waals surface area contributed by atoms with E-state index < -0.39 is 0 Å². The topological polar surface area (TPSA) is 81.2 Å². The number of rotatable bonds is 8. The molecule has 0 saturated heterocycles. The van der Waals surface area contributed by atoms with Crippen molar-refractivity contribution in [1.29, 1.82) is 0 Å². The number of pyridine rings is 2. The van der Waals surface area contributed by atoms with Gasteiger partial charge in [-0.15, -0.1) is 0 Å². The third-order valence-electron chi connectivity index (χ3n) is 2.75. The Labute approximate surface area is 134 Å². The summed E-state index contributed by atoms with van der Waals surface area (Å²) in [6.07, 6.45) is 0. The molecule has 2 heterocycles. The molecule has 9 heteroatoms. The molecule has 0 saturated carbocycles. The van der Waals surface area contributed by atoms with Gasteiger partial charge in [0.25, 0.3) is 11.8 Å². The van der Waals surface area contributed by atoms with Crippen LogP contribution >= 0.6 is 0 Å². The van der Waals surface area contributed by atoms with Crippen LogP contribution in [-0.2, 0) is 0 Å². The zero-order valence-corrected chi connectivity index (χ0v) is 13.2. The number of methoxy groups -OCH3 is 4. The monoisotopic (exact) mass is 319 g/mol. The molecule has 0 amide bonds. The van der Waals surface area contributed by atoms with Crippen molar-refractivity contribution in [2.75, 3.05) is 28.4 Å². The predicted octanol–water partition coefficient (Wildman–Crippen LogP) is 1.50. The molecule has 2 rings (SSSR count). The fraction of sp³-hybridized carbons (Fsp3) is 0.286. The largest absolute Gasteiger partial charge is 0.658 e. The number of hydrogen-bond donors (Lipinski definition) is 0. The molecule has 0 aliphatic rings. The average molecular weight is 319 g/mol. The van der Waals surface area contributed by atoms with E-state index in [4.69, 9.17) is 28.3 Å². The molecule has 8 nitrogen and oxygen atoms in total. The van der Waals surface area contributed by atoms with Crippen molar-refractivity contribution in [2.24, 2.45) is 0 Å². The first kappa shape index (κ1) is 16.5. The van der Waals surface area contributed by atoms with Gasteiger partial charge in [0.2, 0.25) is 11.8 Å². The van der Waals surface area contributed by atoms with Crippen LogP contribution in [0.2, 0.25) is 0 Å². The first-order valence-corrected chi connectivity index (χ1v) is 6.54. The normalized spacial score (nSPS) is 9.74. The Morgan fingerprint density at radius 3 is 1.43 bits per heavy atom. The first-order valence-electron chi connectivity index (χ1n) is 6.54. The van der Waals surface area contributed by atoms with Crippen LogP contribution in [0.3, 0.4) is 0 Å². The minimum Gasteiger partial charge on any atom is -0.522 e. The van der Waals surface area contributed by atoms with Crippen molar-refractivity contribution in [3.8, 4) is 35.0 Å². The molecule has 0 fully saturated rings. The third-order valence-corrected chi connectivity index (χ3v) is 2.75. The van der Waals surface area contributed by atoms with E-state index in [0.29, 0.717) is 23.3 Å². The summed E-state index contributed by atoms with van der Waals surface area (Å²) in [5, 5.41) is 0. The van der Waals surface area contributed by atoms with E-state index in [9.17, 15) is 0 Å². The Kier molecular flexibility index (Phi) is 5.73. The Morgan fingerprint density at radius 2 is 1.09 bits per heavy atom. The Hall–Kier alpha value is -2.84. The molecule has 2 aromatic heterocycles. The van der Waals surface area contributed by atoms with E-state index in [1.165, 1.54) is 28.4 Å². The predicted molar refractivity (Wildman–Crippen MR) is 81.7 cm³/mol. The molecule has 0 unspecified atom stereocenters. The molecular weight excluding hydrogens is 303 g/mol. The summed E-state index contributed by atoms with van der Waals surface area (Å²) in [7, 11) is 7.11. The fourth-order valence-electron chi connectivity index (χ4n) is 1.65. The van der Waals surface area contributed by atoms with Crippen LogP contribution in [0.1, 0.15) is 0 Å². The smallest absolute Gasteiger partial charge is 0.522 e. The van der Waals surface area contributed by atoms with Gasteiger partial charge in [-0.1, -0.05) is 0 Å². The van der Waals surface area contributed by atoms with E-state index in [-0.39, 0.29) is 11.8 Å². The van der Waals surface area contributed by atoms with Gasteiger partial charge >= 0.3 is 7.69 Å². The van der Waals surface area contributed by atoms with Gasteiger partial charge in [0.05, 0.1) is 28.4 Å². The summed E-state index contributed by atoms with van der Waals surface area (Å²) >= 11 is 0. The summed E-state index contributed by atoms with van der Waals surface area (Å²) in [5.41, 5.74) is 0. The standard InChI is InChI=1S/C14H16BN2O6/c1-18-11-7-5-9(13(16-11)20-3)22-15-23-10-6-8-12(19-2)17-14(10)21-4/h5-8H,1-4H3. The second-order valence-corrected chi connectivity index (χ2v) is 4.05. The molecule has 0 atom stereocenters. The maximum absolute atomic E-state index is 5.38. The lowest BCUT2D eigenvalue weighted by Crippen LogP contribution is -2.13. The number of hydrogen-bond acceptors (Lipinski definition) is 8. The highest BCUT2D eigenvalue weighted by Crippen LogP contribution is 2.29. The summed E-state index contributed by atoms with van der Waals surface area (Å²) in [6, 6.07) is 6.57. The van der Waals surface area contributed by atoms with Crippen LogP contribution in [0.25, 0.3) is 0 Å². The van der Waals surface area contributed by atoms with Crippen LogP contribution < -0.4 is 28.3 Å². The molecule has 1 radical (unpaired) electrons. The van der Waals surface area contributed by atoms with Crippen molar-refractivity contribution in [2.45, 2.75) is 0 Å². The van der Waals surface area contributed by atoms with Gasteiger partial charge in [-0.05, 0) is 12.1 Å². The highest BCUT2D eigenvalue weighted by atomic mass is 16.6. The summed E-state index contributed by atoms with van der Waals surface area (Å²) in [6.45, 7) is 0. The van der Waals surface area contributed by atoms with Crippen LogP contribution in [-0.4, -0.2) is 46.1 Å². The molecule has 0 N–H and O–H groups in total. The van der Waals surface area contributed by atoms with Gasteiger partial charge in [0.15, 0.2) is 11.5 Å². The highest BCUT2D eigenvalue weighted by molar-refractivity contribution is 6.21. The Morgan fingerprint density at radius 1 is 0.652 bits per heavy atom. The maximum Gasteiger partial charge on any atom is 0.658 e. The molecule has 0 aliphatic heterocycles. The quantitative estimate of drug-likeness (QED) is 0.677. The van der Waals surface area contributed by atoms with Crippen LogP contribution in [0.15, 0.2) is 24.3 Å². The molecule has 0 aliphatic carbocycles. The number of ether oxygens (including phenoxy) is 4. The van der Waals surface area contributed by atoms with Gasteiger partial charge in [-0.2, -0.15) is 9.97 Å². The minimum atomic E-state index is 0.268. The van der Waals surface area contributed by atoms with Crippen molar-refractivity contribution in [3.63, 3.8) is 0 Å². The minimum absolute atomic E-state index is 0.268. The van der Waals surface area contributed by atoms with E-state index in [1.807, 2.05) is 0 Å². The van der Waals surface area contributed by atoms with E-state index in [0.717, 1.165) is 7.69 Å². The Bertz CT molecular complexity index is 600. The van der Waals surface area contributed by atoms with Crippen molar-refractivity contribution >= 4 is 7.69 Å². The second kappa shape index (κ2) is 7.97. The number of nitrogens with zero attached hydrogens (tertiary/aromatic N) is 2. The molecule has 2 aromatic rings. The van der Waals surface area contributed by atoms with Crippen molar-refractivity contribution in [1.82, 2.24) is 9.97 Å². The van der Waals surface area contributed by atoms with E-state index in [1.54, 1.807) is 24.3 Å². The van der Waals surface area contributed by atoms with Gasteiger partial charge in [0, 0.05) is 12.1 Å². The lowest BCUT2D eigenvalue weighted by molar-refractivity contribution is 0.338. The zero-order chi connectivity index (χ0) is 16.7. The number of aromatic nitrogens is 2. The lowest BCUT2D eigenvalue weighted by Gasteiger charge is -2.12. The summed E-state index contributed by atoms with van der Waals surface area (Å²) in [4.78, 5) is 8.19. The SMILES string of the molecule is COc1ccc(O[B]Oc2ccc(OC)nc2OC)c(OC)n1. The van der Waals surface area contributed by atoms with Crippen LogP contribution in [0, 0.1) is 0 Å². The van der Waals surface area contributed by atoms with Crippen LogP contribution in [0.5, 0.6) is 35.0 Å². The van der Waals surface area contributed by atoms with Crippen LogP contribution in [0.4, 0.5) is 0 Å². The van der Waals surface area contributed by atoms with Gasteiger partial charge in [0.1, 0.15) is 0 Å². The van der Waals surface area contributed by atoms with Gasteiger partial charge < -0.3 is 28.3 Å². The first-order chi connectivity index (χ1) is 11.2. The zero-order valence-electron chi connectivity index (χ0n) is 13.2. The van der Waals surface area contributed by atoms with Gasteiger partial charge in [-0.25, -0.2) is 0 Å². The Balaban J connectivity index is 2.02. The maximum atomic E-state index is 5.38. The highest BCUT2D eigenvalue weighted by Gasteiger charge is 2.13. The third kappa shape index (κ3) is 4.09. The average Bonchev–Trinajstić information content (AvgIpc) is 2.61. The molecular formula is C14H16BN2O6. The lowest BCUT2D eigenvalue weighted by atomic mass is 10.3. The fourth-order valence-corrected chi connectivity index (χ4v) is 1.65. The summed E-state index contributed by atoms with van der Waals surface area (Å²) < 4.78 is 31.0. The van der Waals surface area contributed by atoms with E-state index in [2.05, 4.69) is 9.97 Å².